The summed E-state index contributed by atoms with van der Waals surface area (Å²) in [7, 11) is 1.64. The van der Waals surface area contributed by atoms with E-state index >= 15 is 0 Å². The summed E-state index contributed by atoms with van der Waals surface area (Å²) in [4.78, 5) is 12.4. The standard InChI is InChI=1S/C16H16N8OS/c1-23-14(12(7-17)8-19-23)20-13(25)9-24-15(18)21-22-16(24)26-10-11-5-3-2-4-6-11/h2-6,8H,9-10H2,1H3,(H2,18,21)(H,20,25). The van der Waals surface area contributed by atoms with E-state index in [0.29, 0.717) is 16.7 Å². The number of nitrogen functional groups attached to an aromatic ring is 1. The van der Waals surface area contributed by atoms with Crippen molar-refractivity contribution in [3.63, 3.8) is 0 Å². The van der Waals surface area contributed by atoms with Crippen LogP contribution in [0.25, 0.3) is 0 Å². The highest BCUT2D eigenvalue weighted by Gasteiger charge is 2.16. The smallest absolute Gasteiger partial charge is 0.245 e. The van der Waals surface area contributed by atoms with E-state index in [1.807, 2.05) is 36.4 Å². The second kappa shape index (κ2) is 7.71. The van der Waals surface area contributed by atoms with Crippen LogP contribution in [-0.4, -0.2) is 30.5 Å². The van der Waals surface area contributed by atoms with Gasteiger partial charge in [0.1, 0.15) is 24.0 Å². The van der Waals surface area contributed by atoms with Crippen molar-refractivity contribution < 1.29 is 4.79 Å². The second-order valence-electron chi connectivity index (χ2n) is 5.39. The van der Waals surface area contributed by atoms with Crippen LogP contribution in [0.1, 0.15) is 11.1 Å². The third kappa shape index (κ3) is 3.84. The van der Waals surface area contributed by atoms with Crippen LogP contribution < -0.4 is 11.1 Å². The van der Waals surface area contributed by atoms with Gasteiger partial charge in [0.15, 0.2) is 5.16 Å². The van der Waals surface area contributed by atoms with Crippen molar-refractivity contribution >= 4 is 29.4 Å². The van der Waals surface area contributed by atoms with E-state index in [2.05, 4.69) is 20.6 Å². The van der Waals surface area contributed by atoms with Crippen LogP contribution in [0, 0.1) is 11.3 Å². The first-order valence-corrected chi connectivity index (χ1v) is 8.64. The number of carbonyl (C=O) groups is 1. The highest BCUT2D eigenvalue weighted by atomic mass is 32.2. The van der Waals surface area contributed by atoms with Gasteiger partial charge in [-0.2, -0.15) is 10.4 Å². The lowest BCUT2D eigenvalue weighted by Crippen LogP contribution is -2.22. The van der Waals surface area contributed by atoms with Crippen molar-refractivity contribution in [2.24, 2.45) is 7.05 Å². The summed E-state index contributed by atoms with van der Waals surface area (Å²) in [5.74, 6) is 0.822. The van der Waals surface area contributed by atoms with Gasteiger partial charge in [-0.15, -0.1) is 10.2 Å². The van der Waals surface area contributed by atoms with Crippen LogP contribution in [0.15, 0.2) is 41.7 Å². The quantitative estimate of drug-likeness (QED) is 0.629. The van der Waals surface area contributed by atoms with Gasteiger partial charge in [-0.25, -0.2) is 0 Å². The molecule has 0 fully saturated rings. The zero-order valence-electron chi connectivity index (χ0n) is 14.0. The number of rotatable bonds is 6. The minimum absolute atomic E-state index is 0.0635. The molecule has 1 aromatic carbocycles. The van der Waals surface area contributed by atoms with Gasteiger partial charge in [0.05, 0.1) is 6.20 Å². The fraction of sp³-hybridized carbons (Fsp3) is 0.188. The molecular formula is C16H16N8OS. The topological polar surface area (TPSA) is 127 Å². The number of nitrogens with two attached hydrogens (primary N) is 1. The molecule has 3 rings (SSSR count). The number of anilines is 2. The lowest BCUT2D eigenvalue weighted by Gasteiger charge is -2.09. The molecule has 10 heteroatoms. The zero-order chi connectivity index (χ0) is 18.5. The first-order valence-electron chi connectivity index (χ1n) is 7.66. The van der Waals surface area contributed by atoms with E-state index in [4.69, 9.17) is 11.0 Å². The molecule has 1 amide bonds. The number of hydrogen-bond acceptors (Lipinski definition) is 7. The highest BCUT2D eigenvalue weighted by molar-refractivity contribution is 7.98. The Hall–Kier alpha value is -3.32. The Morgan fingerprint density at radius 3 is 2.85 bits per heavy atom. The number of aromatic nitrogens is 5. The fourth-order valence-electron chi connectivity index (χ4n) is 2.26. The molecule has 2 aromatic heterocycles. The summed E-state index contributed by atoms with van der Waals surface area (Å²) in [5.41, 5.74) is 7.26. The maximum absolute atomic E-state index is 12.4. The van der Waals surface area contributed by atoms with Crippen molar-refractivity contribution in [2.45, 2.75) is 17.5 Å². The summed E-state index contributed by atoms with van der Waals surface area (Å²) in [6.07, 6.45) is 1.39. The van der Waals surface area contributed by atoms with E-state index in [1.54, 1.807) is 7.05 Å². The number of benzene rings is 1. The van der Waals surface area contributed by atoms with Gasteiger partial charge < -0.3 is 11.1 Å². The molecule has 0 aliphatic heterocycles. The van der Waals surface area contributed by atoms with Gasteiger partial charge in [-0.1, -0.05) is 42.1 Å². The lowest BCUT2D eigenvalue weighted by atomic mass is 10.2. The molecule has 26 heavy (non-hydrogen) atoms. The normalized spacial score (nSPS) is 10.5. The molecule has 0 aliphatic rings. The number of amides is 1. The highest BCUT2D eigenvalue weighted by Crippen LogP contribution is 2.22. The van der Waals surface area contributed by atoms with Crippen molar-refractivity contribution in [1.82, 2.24) is 24.5 Å². The van der Waals surface area contributed by atoms with E-state index < -0.39 is 0 Å². The molecule has 0 bridgehead atoms. The van der Waals surface area contributed by atoms with Gasteiger partial charge in [0.2, 0.25) is 11.9 Å². The Morgan fingerprint density at radius 1 is 1.35 bits per heavy atom. The first kappa shape index (κ1) is 17.5. The number of nitrogens with one attached hydrogen (secondary N) is 1. The van der Waals surface area contributed by atoms with Crippen LogP contribution in [-0.2, 0) is 24.1 Å². The number of nitrogens with zero attached hydrogens (tertiary/aromatic N) is 6. The van der Waals surface area contributed by atoms with E-state index in [0.717, 1.165) is 5.56 Å². The molecular weight excluding hydrogens is 352 g/mol. The summed E-state index contributed by atoms with van der Waals surface area (Å²) in [6, 6.07) is 11.9. The Bertz CT molecular complexity index is 957. The molecule has 0 radical (unpaired) electrons. The minimum Gasteiger partial charge on any atom is -0.368 e. The number of nitriles is 1. The van der Waals surface area contributed by atoms with Gasteiger partial charge in [0, 0.05) is 12.8 Å². The molecule has 0 saturated heterocycles. The third-order valence-electron chi connectivity index (χ3n) is 3.57. The molecule has 3 N–H and O–H groups in total. The van der Waals surface area contributed by atoms with Crippen LogP contribution in [0.4, 0.5) is 11.8 Å². The van der Waals surface area contributed by atoms with E-state index in [-0.39, 0.29) is 24.0 Å². The molecule has 0 unspecified atom stereocenters. The van der Waals surface area contributed by atoms with Gasteiger partial charge >= 0.3 is 0 Å². The molecule has 3 aromatic rings. The van der Waals surface area contributed by atoms with Crippen molar-refractivity contribution in [3.05, 3.63) is 47.7 Å². The van der Waals surface area contributed by atoms with Gasteiger partial charge in [0.25, 0.3) is 0 Å². The third-order valence-corrected chi connectivity index (χ3v) is 4.61. The minimum atomic E-state index is -0.349. The maximum Gasteiger partial charge on any atom is 0.245 e. The van der Waals surface area contributed by atoms with Crippen molar-refractivity contribution in [2.75, 3.05) is 11.1 Å². The van der Waals surface area contributed by atoms with Crippen LogP contribution in [0.2, 0.25) is 0 Å². The number of carbonyl (C=O) groups excluding carboxylic acids is 1. The fourth-order valence-corrected chi connectivity index (χ4v) is 3.16. The summed E-state index contributed by atoms with van der Waals surface area (Å²) in [6.45, 7) is -0.0635. The molecule has 0 spiro atoms. The van der Waals surface area contributed by atoms with Crippen molar-refractivity contribution in [3.8, 4) is 6.07 Å². The molecule has 2 heterocycles. The maximum atomic E-state index is 12.4. The average molecular weight is 368 g/mol. The van der Waals surface area contributed by atoms with Gasteiger partial charge in [-0.3, -0.25) is 14.0 Å². The largest absolute Gasteiger partial charge is 0.368 e. The van der Waals surface area contributed by atoms with E-state index in [9.17, 15) is 4.79 Å². The second-order valence-corrected chi connectivity index (χ2v) is 6.33. The number of thioether (sulfide) groups is 1. The summed E-state index contributed by atoms with van der Waals surface area (Å²) in [5, 5.41) is 24.1. The predicted molar refractivity (Wildman–Crippen MR) is 97.0 cm³/mol. The Balaban J connectivity index is 1.69. The van der Waals surface area contributed by atoms with Crippen LogP contribution in [0.3, 0.4) is 0 Å². The zero-order valence-corrected chi connectivity index (χ0v) is 14.8. The molecule has 132 valence electrons. The first-order chi connectivity index (χ1) is 12.6. The predicted octanol–water partition coefficient (Wildman–Crippen LogP) is 1.40. The number of aryl methyl sites for hydroxylation is 1. The van der Waals surface area contributed by atoms with Crippen LogP contribution in [0.5, 0.6) is 0 Å². The average Bonchev–Trinajstić information content (AvgIpc) is 3.17. The Morgan fingerprint density at radius 2 is 2.12 bits per heavy atom. The van der Waals surface area contributed by atoms with E-state index in [1.165, 1.54) is 27.2 Å². The molecule has 0 atom stereocenters. The molecule has 0 aliphatic carbocycles. The summed E-state index contributed by atoms with van der Waals surface area (Å²) < 4.78 is 2.96. The van der Waals surface area contributed by atoms with Gasteiger partial charge in [-0.05, 0) is 5.56 Å². The SMILES string of the molecule is Cn1ncc(C#N)c1NC(=O)Cn1c(N)nnc1SCc1ccccc1. The number of hydrogen-bond donors (Lipinski definition) is 2. The Labute approximate surface area is 153 Å². The molecule has 0 saturated carbocycles. The van der Waals surface area contributed by atoms with Crippen LogP contribution >= 0.6 is 11.8 Å². The Kier molecular flexibility index (Phi) is 5.19. The molecule has 9 nitrogen and oxygen atoms in total. The lowest BCUT2D eigenvalue weighted by molar-refractivity contribution is -0.116. The summed E-state index contributed by atoms with van der Waals surface area (Å²) >= 11 is 1.44. The monoisotopic (exact) mass is 368 g/mol. The van der Waals surface area contributed by atoms with Crippen molar-refractivity contribution in [1.29, 1.82) is 5.26 Å².